The highest BCUT2D eigenvalue weighted by molar-refractivity contribution is 5.98. The molecule has 2 atom stereocenters. The molecule has 2 bridgehead atoms. The molecule has 2 aliphatic heterocycles. The number of Topliss-reactive ketones (excluding diaryl/α,β-unsaturated/α-hetero) is 1. The fraction of sp³-hybridized carbons (Fsp3) is 0.611. The van der Waals surface area contributed by atoms with E-state index >= 15 is 0 Å². The summed E-state index contributed by atoms with van der Waals surface area (Å²) in [6.45, 7) is -1.32. The average molecular weight is 341 g/mol. The van der Waals surface area contributed by atoms with E-state index in [2.05, 4.69) is 16.7 Å². The van der Waals surface area contributed by atoms with Gasteiger partial charge in [-0.1, -0.05) is 6.42 Å². The van der Waals surface area contributed by atoms with Crippen molar-refractivity contribution in [3.8, 4) is 5.75 Å². The molecule has 3 rings (SSSR count). The third kappa shape index (κ3) is 3.91. The number of hydrogen-bond donors (Lipinski definition) is 0. The van der Waals surface area contributed by atoms with Gasteiger partial charge in [-0.3, -0.25) is 4.79 Å². The fourth-order valence-electron chi connectivity index (χ4n) is 3.95. The van der Waals surface area contributed by atoms with Crippen molar-refractivity contribution in [1.82, 2.24) is 4.90 Å². The van der Waals surface area contributed by atoms with Gasteiger partial charge < -0.3 is 9.64 Å². The van der Waals surface area contributed by atoms with Crippen molar-refractivity contribution in [2.75, 3.05) is 13.7 Å². The van der Waals surface area contributed by atoms with Gasteiger partial charge in [0.1, 0.15) is 5.75 Å². The molecule has 0 N–H and O–H groups in total. The van der Waals surface area contributed by atoms with Crippen LogP contribution in [0.15, 0.2) is 24.3 Å². The maximum atomic E-state index is 12.7. The number of carbonyl (C=O) groups excluding carboxylic acids is 1. The van der Waals surface area contributed by atoms with Gasteiger partial charge in [0.25, 0.3) is 0 Å². The lowest BCUT2D eigenvalue weighted by molar-refractivity contribution is -0.153. The van der Waals surface area contributed by atoms with E-state index in [4.69, 9.17) is 0 Å². The van der Waals surface area contributed by atoms with Crippen LogP contribution in [-0.2, 0) is 0 Å². The Hall–Kier alpha value is -1.56. The molecule has 1 aromatic carbocycles. The SMILES string of the molecule is CN1C2CCCC1CC(C(=O)c1ccc(OCC(F)(F)F)cc1)C2. The standard InChI is InChI=1S/C18H22F3NO2/c1-22-14-3-2-4-15(22)10-13(9-14)17(23)12-5-7-16(8-6-12)24-11-18(19,20)21/h5-8,13-15H,2-4,9-11H2,1H3. The molecule has 0 aliphatic carbocycles. The Morgan fingerprint density at radius 2 is 1.75 bits per heavy atom. The van der Waals surface area contributed by atoms with Crippen molar-refractivity contribution in [2.24, 2.45) is 5.92 Å². The van der Waals surface area contributed by atoms with Crippen molar-refractivity contribution >= 4 is 5.78 Å². The van der Waals surface area contributed by atoms with E-state index in [0.29, 0.717) is 17.6 Å². The summed E-state index contributed by atoms with van der Waals surface area (Å²) in [5.41, 5.74) is 0.557. The van der Waals surface area contributed by atoms with Crippen LogP contribution in [0.1, 0.15) is 42.5 Å². The fourth-order valence-corrected chi connectivity index (χ4v) is 3.95. The normalized spacial score (nSPS) is 27.8. The first-order valence-electron chi connectivity index (χ1n) is 8.39. The minimum Gasteiger partial charge on any atom is -0.484 e. The number of alkyl halides is 3. The zero-order chi connectivity index (χ0) is 17.3. The zero-order valence-electron chi connectivity index (χ0n) is 13.7. The van der Waals surface area contributed by atoms with Crippen LogP contribution in [0, 0.1) is 5.92 Å². The quantitative estimate of drug-likeness (QED) is 0.773. The third-order valence-electron chi connectivity index (χ3n) is 5.25. The summed E-state index contributed by atoms with van der Waals surface area (Å²) in [6.07, 6.45) is 0.893. The molecule has 0 aromatic heterocycles. The molecule has 2 fully saturated rings. The summed E-state index contributed by atoms with van der Waals surface area (Å²) in [4.78, 5) is 15.1. The maximum Gasteiger partial charge on any atom is 0.422 e. The number of ketones is 1. The Morgan fingerprint density at radius 3 is 2.29 bits per heavy atom. The summed E-state index contributed by atoms with van der Waals surface area (Å²) >= 11 is 0. The van der Waals surface area contributed by atoms with Crippen LogP contribution in [0.25, 0.3) is 0 Å². The maximum absolute atomic E-state index is 12.7. The largest absolute Gasteiger partial charge is 0.484 e. The Morgan fingerprint density at radius 1 is 1.17 bits per heavy atom. The Balaban J connectivity index is 1.63. The number of hydrogen-bond acceptors (Lipinski definition) is 3. The van der Waals surface area contributed by atoms with E-state index in [1.54, 1.807) is 12.1 Å². The van der Waals surface area contributed by atoms with Gasteiger partial charge in [-0.2, -0.15) is 13.2 Å². The lowest BCUT2D eigenvalue weighted by Gasteiger charge is -2.46. The molecule has 0 spiro atoms. The van der Waals surface area contributed by atoms with Gasteiger partial charge >= 0.3 is 6.18 Å². The first-order valence-corrected chi connectivity index (χ1v) is 8.39. The summed E-state index contributed by atoms with van der Waals surface area (Å²) < 4.78 is 41.1. The number of nitrogens with zero attached hydrogens (tertiary/aromatic N) is 1. The van der Waals surface area contributed by atoms with E-state index in [1.165, 1.54) is 18.6 Å². The minimum absolute atomic E-state index is 0.0124. The molecule has 0 amide bonds. The smallest absolute Gasteiger partial charge is 0.422 e. The van der Waals surface area contributed by atoms with Crippen LogP contribution < -0.4 is 4.74 Å². The van der Waals surface area contributed by atoms with E-state index in [1.807, 2.05) is 0 Å². The minimum atomic E-state index is -4.36. The van der Waals surface area contributed by atoms with Gasteiger partial charge in [-0.25, -0.2) is 0 Å². The predicted octanol–water partition coefficient (Wildman–Crippen LogP) is 4.07. The summed E-state index contributed by atoms with van der Waals surface area (Å²) in [6, 6.07) is 6.97. The van der Waals surface area contributed by atoms with Crippen LogP contribution in [0.2, 0.25) is 0 Å². The Bertz CT molecular complexity index is 571. The second kappa shape index (κ2) is 6.75. The number of halogens is 3. The van der Waals surface area contributed by atoms with Crippen molar-refractivity contribution in [2.45, 2.75) is 50.4 Å². The summed E-state index contributed by atoms with van der Waals surface area (Å²) in [5, 5.41) is 0. The van der Waals surface area contributed by atoms with Gasteiger partial charge in [0.15, 0.2) is 12.4 Å². The highest BCUT2D eigenvalue weighted by atomic mass is 19.4. The highest BCUT2D eigenvalue weighted by Gasteiger charge is 2.38. The summed E-state index contributed by atoms with van der Waals surface area (Å²) in [5.74, 6) is 0.241. The van der Waals surface area contributed by atoms with Crippen molar-refractivity contribution in [3.05, 3.63) is 29.8 Å². The zero-order valence-corrected chi connectivity index (χ0v) is 13.7. The molecular weight excluding hydrogens is 319 g/mol. The molecule has 2 heterocycles. The van der Waals surface area contributed by atoms with Crippen LogP contribution in [0.3, 0.4) is 0 Å². The van der Waals surface area contributed by atoms with Crippen LogP contribution in [-0.4, -0.2) is 42.6 Å². The second-order valence-electron chi connectivity index (χ2n) is 6.86. The number of piperidine rings is 2. The van der Waals surface area contributed by atoms with Gasteiger partial charge in [0.2, 0.25) is 0 Å². The third-order valence-corrected chi connectivity index (χ3v) is 5.25. The average Bonchev–Trinajstić information content (AvgIpc) is 2.52. The molecular formula is C18H22F3NO2. The number of rotatable bonds is 4. The number of ether oxygens (including phenoxy) is 1. The van der Waals surface area contributed by atoms with Crippen molar-refractivity contribution in [3.63, 3.8) is 0 Å². The molecule has 1 aromatic rings. The lowest BCUT2D eigenvalue weighted by atomic mass is 9.76. The predicted molar refractivity (Wildman–Crippen MR) is 84.2 cm³/mol. The second-order valence-corrected chi connectivity index (χ2v) is 6.86. The van der Waals surface area contributed by atoms with Crippen LogP contribution in [0.5, 0.6) is 5.75 Å². The Kier molecular flexibility index (Phi) is 4.85. The molecule has 132 valence electrons. The monoisotopic (exact) mass is 341 g/mol. The van der Waals surface area contributed by atoms with Crippen molar-refractivity contribution in [1.29, 1.82) is 0 Å². The molecule has 2 unspecified atom stereocenters. The van der Waals surface area contributed by atoms with Crippen molar-refractivity contribution < 1.29 is 22.7 Å². The molecule has 0 saturated carbocycles. The molecule has 3 nitrogen and oxygen atoms in total. The molecule has 0 radical (unpaired) electrons. The van der Waals surface area contributed by atoms with Crippen LogP contribution in [0.4, 0.5) is 13.2 Å². The first-order chi connectivity index (χ1) is 11.3. The van der Waals surface area contributed by atoms with E-state index in [9.17, 15) is 18.0 Å². The van der Waals surface area contributed by atoms with E-state index in [0.717, 1.165) is 25.7 Å². The number of benzene rings is 1. The first kappa shape index (κ1) is 17.3. The number of fused-ring (bicyclic) bond motifs is 2. The van der Waals surface area contributed by atoms with E-state index < -0.39 is 12.8 Å². The molecule has 2 saturated heterocycles. The summed E-state index contributed by atoms with van der Waals surface area (Å²) in [7, 11) is 2.14. The highest BCUT2D eigenvalue weighted by Crippen LogP contribution is 2.37. The van der Waals surface area contributed by atoms with Gasteiger partial charge in [0.05, 0.1) is 0 Å². The topological polar surface area (TPSA) is 29.5 Å². The Labute approximate surface area is 139 Å². The lowest BCUT2D eigenvalue weighted by Crippen LogP contribution is -2.51. The van der Waals surface area contributed by atoms with Crippen LogP contribution >= 0.6 is 0 Å². The van der Waals surface area contributed by atoms with Gasteiger partial charge in [0, 0.05) is 23.6 Å². The van der Waals surface area contributed by atoms with Gasteiger partial charge in [-0.15, -0.1) is 0 Å². The molecule has 6 heteroatoms. The molecule has 24 heavy (non-hydrogen) atoms. The van der Waals surface area contributed by atoms with E-state index in [-0.39, 0.29) is 17.5 Å². The molecule has 2 aliphatic rings. The number of carbonyl (C=O) groups is 1. The van der Waals surface area contributed by atoms with Gasteiger partial charge in [-0.05, 0) is 57.0 Å².